The monoisotopic (exact) mass is 305 g/mol. The summed E-state index contributed by atoms with van der Waals surface area (Å²) < 4.78 is 22.9. The first-order valence-electron chi connectivity index (χ1n) is 4.92. The highest BCUT2D eigenvalue weighted by Gasteiger charge is 2.51. The van der Waals surface area contributed by atoms with E-state index < -0.39 is 25.7 Å². The van der Waals surface area contributed by atoms with Gasteiger partial charge in [-0.15, -0.1) is 11.6 Å². The van der Waals surface area contributed by atoms with Gasteiger partial charge in [-0.25, -0.2) is 13.9 Å². The molecule has 1 rings (SSSR count). The van der Waals surface area contributed by atoms with Crippen molar-refractivity contribution in [2.24, 2.45) is 5.41 Å². The minimum Gasteiger partial charge on any atom is -0.481 e. The van der Waals surface area contributed by atoms with Crippen LogP contribution in [-0.4, -0.2) is 43.8 Å². The highest BCUT2D eigenvalue weighted by molar-refractivity contribution is 8.14. The van der Waals surface area contributed by atoms with Gasteiger partial charge in [0.15, 0.2) is 0 Å². The van der Waals surface area contributed by atoms with Gasteiger partial charge >= 0.3 is 5.97 Å². The molecule has 0 radical (unpaired) electrons. The van der Waals surface area contributed by atoms with E-state index in [1.165, 1.54) is 0 Å². The van der Waals surface area contributed by atoms with E-state index in [4.69, 9.17) is 27.1 Å². The third-order valence-electron chi connectivity index (χ3n) is 2.88. The zero-order valence-corrected chi connectivity index (χ0v) is 11.2. The number of carboxylic acids is 1. The zero-order chi connectivity index (χ0) is 13.1. The molecule has 0 saturated carbocycles. The zero-order valence-electron chi connectivity index (χ0n) is 8.86. The van der Waals surface area contributed by atoms with Crippen LogP contribution in [0.1, 0.15) is 12.8 Å². The SMILES string of the molecule is O=C(O)C1(C(CCl)S(=O)(=O)Cl)CCCONC1. The quantitative estimate of drug-likeness (QED) is 0.582. The van der Waals surface area contributed by atoms with E-state index in [0.29, 0.717) is 13.0 Å². The first kappa shape index (κ1) is 15.0. The number of hydroxylamine groups is 1. The van der Waals surface area contributed by atoms with E-state index >= 15 is 0 Å². The van der Waals surface area contributed by atoms with Crippen molar-refractivity contribution in [3.05, 3.63) is 0 Å². The van der Waals surface area contributed by atoms with E-state index in [1.54, 1.807) is 0 Å². The number of hydrogen-bond donors (Lipinski definition) is 2. The number of carboxylic acid groups (broad SMARTS) is 1. The Morgan fingerprint density at radius 2 is 2.24 bits per heavy atom. The van der Waals surface area contributed by atoms with Crippen LogP contribution in [0.4, 0.5) is 0 Å². The van der Waals surface area contributed by atoms with Crippen molar-refractivity contribution >= 4 is 37.3 Å². The van der Waals surface area contributed by atoms with Gasteiger partial charge in [-0.3, -0.25) is 4.79 Å². The first-order chi connectivity index (χ1) is 7.84. The van der Waals surface area contributed by atoms with Gasteiger partial charge in [-0.2, -0.15) is 0 Å². The molecule has 0 aromatic carbocycles. The lowest BCUT2D eigenvalue weighted by Gasteiger charge is -2.32. The molecule has 100 valence electrons. The number of hydrogen-bond acceptors (Lipinski definition) is 5. The maximum atomic E-state index is 11.4. The molecule has 6 nitrogen and oxygen atoms in total. The third kappa shape index (κ3) is 3.23. The van der Waals surface area contributed by atoms with Gasteiger partial charge in [-0.1, -0.05) is 0 Å². The predicted octanol–water partition coefficient (Wildman–Crippen LogP) is 0.548. The molecule has 1 aliphatic heterocycles. The molecule has 2 unspecified atom stereocenters. The number of alkyl halides is 1. The van der Waals surface area contributed by atoms with Crippen LogP contribution in [0.2, 0.25) is 0 Å². The summed E-state index contributed by atoms with van der Waals surface area (Å²) in [6.07, 6.45) is 0.553. The van der Waals surface area contributed by atoms with Crippen molar-refractivity contribution in [1.82, 2.24) is 5.48 Å². The van der Waals surface area contributed by atoms with E-state index in [2.05, 4.69) is 5.48 Å². The fraction of sp³-hybridized carbons (Fsp3) is 0.875. The number of aliphatic carboxylic acids is 1. The molecule has 1 fully saturated rings. The van der Waals surface area contributed by atoms with Crippen LogP contribution in [0, 0.1) is 5.41 Å². The first-order valence-corrected chi connectivity index (χ1v) is 7.83. The lowest BCUT2D eigenvalue weighted by atomic mass is 9.80. The Balaban J connectivity index is 3.17. The van der Waals surface area contributed by atoms with Crippen molar-refractivity contribution in [3.8, 4) is 0 Å². The second-order valence-electron chi connectivity index (χ2n) is 3.85. The Kier molecular flexibility index (Phi) is 5.03. The minimum atomic E-state index is -4.07. The predicted molar refractivity (Wildman–Crippen MR) is 62.5 cm³/mol. The molecule has 17 heavy (non-hydrogen) atoms. The molecular formula is C8H13Cl2NO5S. The number of nitrogens with one attached hydrogen (secondary N) is 1. The molecule has 0 aliphatic carbocycles. The smallest absolute Gasteiger partial charge is 0.312 e. The van der Waals surface area contributed by atoms with Crippen LogP contribution in [0.15, 0.2) is 0 Å². The Hall–Kier alpha value is -0.0800. The van der Waals surface area contributed by atoms with Gasteiger partial charge in [-0.05, 0) is 12.8 Å². The molecule has 0 bridgehead atoms. The molecule has 1 heterocycles. The van der Waals surface area contributed by atoms with E-state index in [-0.39, 0.29) is 18.8 Å². The Bertz CT molecular complexity index is 377. The van der Waals surface area contributed by atoms with Gasteiger partial charge in [0.25, 0.3) is 0 Å². The standard InChI is InChI=1S/C8H13Cl2NO5S/c9-4-6(17(10,14)15)8(7(12)13)2-1-3-16-11-5-8/h6,11H,1-5H2,(H,12,13). The van der Waals surface area contributed by atoms with Crippen molar-refractivity contribution in [2.75, 3.05) is 19.0 Å². The molecule has 1 aliphatic rings. The average molecular weight is 306 g/mol. The Labute approximate surface area is 109 Å². The van der Waals surface area contributed by atoms with Gasteiger partial charge in [0, 0.05) is 23.1 Å². The largest absolute Gasteiger partial charge is 0.481 e. The summed E-state index contributed by atoms with van der Waals surface area (Å²) in [7, 11) is 1.21. The summed E-state index contributed by atoms with van der Waals surface area (Å²) in [6.45, 7) is 0.165. The van der Waals surface area contributed by atoms with E-state index in [1.807, 2.05) is 0 Å². The van der Waals surface area contributed by atoms with E-state index in [0.717, 1.165) is 0 Å². The van der Waals surface area contributed by atoms with Gasteiger partial charge in [0.1, 0.15) is 10.7 Å². The highest BCUT2D eigenvalue weighted by Crippen LogP contribution is 2.36. The fourth-order valence-electron chi connectivity index (χ4n) is 1.89. The Morgan fingerprint density at radius 3 is 2.71 bits per heavy atom. The number of carbonyl (C=O) groups is 1. The highest BCUT2D eigenvalue weighted by atomic mass is 35.7. The lowest BCUT2D eigenvalue weighted by Crippen LogP contribution is -2.51. The van der Waals surface area contributed by atoms with Crippen LogP contribution < -0.4 is 5.48 Å². The maximum Gasteiger partial charge on any atom is 0.312 e. The third-order valence-corrected chi connectivity index (χ3v) is 5.32. The van der Waals surface area contributed by atoms with Crippen LogP contribution in [0.25, 0.3) is 0 Å². The lowest BCUT2D eigenvalue weighted by molar-refractivity contribution is -0.149. The summed E-state index contributed by atoms with van der Waals surface area (Å²) in [4.78, 5) is 16.3. The van der Waals surface area contributed by atoms with E-state index in [9.17, 15) is 18.3 Å². The fourth-order valence-corrected chi connectivity index (χ4v) is 4.57. The molecule has 0 aromatic heterocycles. The second kappa shape index (κ2) is 5.71. The van der Waals surface area contributed by atoms with Crippen LogP contribution in [0.3, 0.4) is 0 Å². The van der Waals surface area contributed by atoms with Crippen LogP contribution in [-0.2, 0) is 18.7 Å². The molecule has 2 N–H and O–H groups in total. The normalized spacial score (nSPS) is 28.4. The molecule has 0 spiro atoms. The van der Waals surface area contributed by atoms with Crippen molar-refractivity contribution in [1.29, 1.82) is 0 Å². The minimum absolute atomic E-state index is 0.138. The Morgan fingerprint density at radius 1 is 1.59 bits per heavy atom. The maximum absolute atomic E-state index is 11.4. The van der Waals surface area contributed by atoms with Gasteiger partial charge in [0.05, 0.1) is 6.61 Å². The summed E-state index contributed by atoms with van der Waals surface area (Å²) in [5.74, 6) is -1.62. The van der Waals surface area contributed by atoms with Gasteiger partial charge in [0.2, 0.25) is 9.05 Å². The summed E-state index contributed by atoms with van der Waals surface area (Å²) >= 11 is 5.58. The van der Waals surface area contributed by atoms with Crippen molar-refractivity contribution in [2.45, 2.75) is 18.1 Å². The van der Waals surface area contributed by atoms with Crippen LogP contribution in [0.5, 0.6) is 0 Å². The summed E-state index contributed by atoms with van der Waals surface area (Å²) in [6, 6.07) is 0. The molecule has 9 heteroatoms. The van der Waals surface area contributed by atoms with Gasteiger partial charge < -0.3 is 9.94 Å². The molecule has 0 amide bonds. The molecule has 1 saturated heterocycles. The van der Waals surface area contributed by atoms with Crippen molar-refractivity contribution < 1.29 is 23.2 Å². The molecular weight excluding hydrogens is 293 g/mol. The molecule has 2 atom stereocenters. The number of halogens is 2. The number of rotatable bonds is 4. The summed E-state index contributed by atoms with van der Waals surface area (Å²) in [5, 5.41) is 7.94. The van der Waals surface area contributed by atoms with Crippen molar-refractivity contribution in [3.63, 3.8) is 0 Å². The second-order valence-corrected chi connectivity index (χ2v) is 6.97. The van der Waals surface area contributed by atoms with Crippen LogP contribution >= 0.6 is 22.3 Å². The topological polar surface area (TPSA) is 92.7 Å². The molecule has 0 aromatic rings. The average Bonchev–Trinajstić information content (AvgIpc) is 2.43. The summed E-state index contributed by atoms with van der Waals surface area (Å²) in [5.41, 5.74) is 0.887.